The molecular formula is C14H17N3O2. The second kappa shape index (κ2) is 5.01. The maximum atomic E-state index is 11.5. The quantitative estimate of drug-likeness (QED) is 0.837. The molecule has 0 aromatic carbocycles. The minimum atomic E-state index is -0.318. The van der Waals surface area contributed by atoms with Crippen LogP contribution in [-0.4, -0.2) is 29.0 Å². The molecule has 1 atom stereocenters. The van der Waals surface area contributed by atoms with Gasteiger partial charge in [-0.25, -0.2) is 9.78 Å². The molecule has 5 heteroatoms. The summed E-state index contributed by atoms with van der Waals surface area (Å²) in [4.78, 5) is 16.0. The lowest BCUT2D eigenvalue weighted by atomic mass is 10.0. The van der Waals surface area contributed by atoms with Gasteiger partial charge in [0.1, 0.15) is 5.82 Å². The molecule has 0 aliphatic carbocycles. The Balaban J connectivity index is 1.97. The Bertz CT molecular complexity index is 600. The van der Waals surface area contributed by atoms with Gasteiger partial charge in [0.2, 0.25) is 0 Å². The number of carbonyl (C=O) groups is 1. The van der Waals surface area contributed by atoms with Gasteiger partial charge in [-0.2, -0.15) is 0 Å². The molecule has 100 valence electrons. The summed E-state index contributed by atoms with van der Waals surface area (Å²) in [5, 5.41) is 3.49. The summed E-state index contributed by atoms with van der Waals surface area (Å²) in [6, 6.07) is 3.89. The molecule has 3 rings (SSSR count). The zero-order valence-corrected chi connectivity index (χ0v) is 10.9. The van der Waals surface area contributed by atoms with E-state index in [1.165, 1.54) is 20.0 Å². The van der Waals surface area contributed by atoms with Gasteiger partial charge >= 0.3 is 5.97 Å². The number of piperidine rings is 1. The van der Waals surface area contributed by atoms with E-state index in [0.717, 1.165) is 24.3 Å². The van der Waals surface area contributed by atoms with Crippen LogP contribution < -0.4 is 5.32 Å². The Kier molecular flexibility index (Phi) is 3.21. The van der Waals surface area contributed by atoms with Gasteiger partial charge in [-0.1, -0.05) is 6.42 Å². The van der Waals surface area contributed by atoms with Crippen LogP contribution in [-0.2, 0) is 4.74 Å². The topological polar surface area (TPSA) is 55.6 Å². The molecule has 1 aliphatic heterocycles. The molecule has 0 amide bonds. The van der Waals surface area contributed by atoms with Crippen molar-refractivity contribution in [1.82, 2.24) is 14.7 Å². The summed E-state index contributed by atoms with van der Waals surface area (Å²) in [7, 11) is 1.39. The van der Waals surface area contributed by atoms with E-state index in [1.54, 1.807) is 12.3 Å². The molecule has 1 aliphatic rings. The smallest absolute Gasteiger partial charge is 0.337 e. The molecule has 0 saturated carbocycles. The Morgan fingerprint density at radius 2 is 2.42 bits per heavy atom. The Morgan fingerprint density at radius 3 is 3.16 bits per heavy atom. The van der Waals surface area contributed by atoms with Gasteiger partial charge in [0.05, 0.1) is 30.4 Å². The highest BCUT2D eigenvalue weighted by molar-refractivity contribution is 5.90. The van der Waals surface area contributed by atoms with E-state index >= 15 is 0 Å². The predicted molar refractivity (Wildman–Crippen MR) is 71.1 cm³/mol. The van der Waals surface area contributed by atoms with Crippen molar-refractivity contribution in [1.29, 1.82) is 0 Å². The van der Waals surface area contributed by atoms with Crippen molar-refractivity contribution in [2.75, 3.05) is 13.7 Å². The van der Waals surface area contributed by atoms with Gasteiger partial charge in [-0.15, -0.1) is 0 Å². The van der Waals surface area contributed by atoms with Crippen molar-refractivity contribution in [3.8, 4) is 0 Å². The van der Waals surface area contributed by atoms with Crippen LogP contribution in [0, 0.1) is 0 Å². The Morgan fingerprint density at radius 1 is 1.53 bits per heavy atom. The summed E-state index contributed by atoms with van der Waals surface area (Å²) in [5.74, 6) is 0.701. The predicted octanol–water partition coefficient (Wildman–Crippen LogP) is 1.94. The zero-order valence-electron chi connectivity index (χ0n) is 10.9. The van der Waals surface area contributed by atoms with Crippen LogP contribution in [0.4, 0.5) is 0 Å². The van der Waals surface area contributed by atoms with E-state index in [0.29, 0.717) is 11.6 Å². The first-order valence-electron chi connectivity index (χ1n) is 6.58. The number of imidazole rings is 1. The van der Waals surface area contributed by atoms with Crippen molar-refractivity contribution < 1.29 is 9.53 Å². The highest BCUT2D eigenvalue weighted by Gasteiger charge is 2.19. The third-order valence-electron chi connectivity index (χ3n) is 3.60. The zero-order chi connectivity index (χ0) is 13.2. The summed E-state index contributed by atoms with van der Waals surface area (Å²) < 4.78 is 6.76. The Labute approximate surface area is 111 Å². The average Bonchev–Trinajstić information content (AvgIpc) is 2.90. The van der Waals surface area contributed by atoms with Crippen molar-refractivity contribution >= 4 is 11.5 Å². The first kappa shape index (κ1) is 12.2. The van der Waals surface area contributed by atoms with Crippen molar-refractivity contribution in [3.05, 3.63) is 35.9 Å². The fourth-order valence-electron chi connectivity index (χ4n) is 2.60. The van der Waals surface area contributed by atoms with Gasteiger partial charge in [-0.05, 0) is 31.5 Å². The molecule has 0 bridgehead atoms. The summed E-state index contributed by atoms with van der Waals surface area (Å²) in [5.41, 5.74) is 1.48. The monoisotopic (exact) mass is 259 g/mol. The summed E-state index contributed by atoms with van der Waals surface area (Å²) in [6.07, 6.45) is 7.26. The maximum Gasteiger partial charge on any atom is 0.337 e. The minimum Gasteiger partial charge on any atom is -0.465 e. The number of aromatic nitrogens is 2. The highest BCUT2D eigenvalue weighted by Crippen LogP contribution is 2.23. The number of esters is 1. The average molecular weight is 259 g/mol. The number of pyridine rings is 1. The number of ether oxygens (including phenoxy) is 1. The molecule has 2 aromatic rings. The standard InChI is InChI=1S/C14H17N3O2/c1-19-14(18)10-5-7-17-11(8-10)9-16-13(17)12-4-2-3-6-15-12/h5,7-9,12,15H,2-4,6H2,1H3. The lowest BCUT2D eigenvalue weighted by Gasteiger charge is -2.22. The Hall–Kier alpha value is -1.88. The SMILES string of the molecule is COC(=O)c1ccn2c(C3CCCCN3)ncc2c1. The van der Waals surface area contributed by atoms with Crippen molar-refractivity contribution in [3.63, 3.8) is 0 Å². The number of nitrogens with one attached hydrogen (secondary N) is 1. The number of fused-ring (bicyclic) bond motifs is 1. The molecule has 1 saturated heterocycles. The number of hydrogen-bond acceptors (Lipinski definition) is 4. The molecular weight excluding hydrogens is 242 g/mol. The fourth-order valence-corrected chi connectivity index (χ4v) is 2.60. The first-order chi connectivity index (χ1) is 9.29. The largest absolute Gasteiger partial charge is 0.465 e. The van der Waals surface area contributed by atoms with Crippen LogP contribution in [0.2, 0.25) is 0 Å². The van der Waals surface area contributed by atoms with E-state index < -0.39 is 0 Å². The number of nitrogens with zero attached hydrogens (tertiary/aromatic N) is 2. The molecule has 2 aromatic heterocycles. The second-order valence-corrected chi connectivity index (χ2v) is 4.82. The third kappa shape index (κ3) is 2.21. The van der Waals surface area contributed by atoms with Crippen LogP contribution >= 0.6 is 0 Å². The highest BCUT2D eigenvalue weighted by atomic mass is 16.5. The van der Waals surface area contributed by atoms with E-state index in [4.69, 9.17) is 4.74 Å². The maximum absolute atomic E-state index is 11.5. The molecule has 1 unspecified atom stereocenters. The normalized spacial score (nSPS) is 19.5. The number of methoxy groups -OCH3 is 1. The summed E-state index contributed by atoms with van der Waals surface area (Å²) in [6.45, 7) is 1.04. The lowest BCUT2D eigenvalue weighted by molar-refractivity contribution is 0.0600. The van der Waals surface area contributed by atoms with Crippen LogP contribution in [0.1, 0.15) is 41.5 Å². The van der Waals surface area contributed by atoms with E-state index in [9.17, 15) is 4.79 Å². The van der Waals surface area contributed by atoms with E-state index in [2.05, 4.69) is 10.3 Å². The van der Waals surface area contributed by atoms with Gasteiger partial charge in [0.15, 0.2) is 0 Å². The molecule has 19 heavy (non-hydrogen) atoms. The first-order valence-corrected chi connectivity index (χ1v) is 6.58. The molecule has 0 spiro atoms. The lowest BCUT2D eigenvalue weighted by Crippen LogP contribution is -2.28. The third-order valence-corrected chi connectivity index (χ3v) is 3.60. The molecule has 1 N–H and O–H groups in total. The van der Waals surface area contributed by atoms with E-state index in [1.807, 2.05) is 16.7 Å². The molecule has 0 radical (unpaired) electrons. The van der Waals surface area contributed by atoms with Gasteiger partial charge < -0.3 is 14.5 Å². The van der Waals surface area contributed by atoms with Crippen molar-refractivity contribution in [2.45, 2.75) is 25.3 Å². The van der Waals surface area contributed by atoms with Crippen LogP contribution in [0.3, 0.4) is 0 Å². The van der Waals surface area contributed by atoms with Gasteiger partial charge in [0.25, 0.3) is 0 Å². The van der Waals surface area contributed by atoms with Crippen LogP contribution in [0.25, 0.3) is 5.52 Å². The van der Waals surface area contributed by atoms with Crippen LogP contribution in [0.5, 0.6) is 0 Å². The molecule has 5 nitrogen and oxygen atoms in total. The number of hydrogen-bond donors (Lipinski definition) is 1. The van der Waals surface area contributed by atoms with Crippen LogP contribution in [0.15, 0.2) is 24.5 Å². The van der Waals surface area contributed by atoms with Crippen molar-refractivity contribution in [2.24, 2.45) is 0 Å². The minimum absolute atomic E-state index is 0.306. The van der Waals surface area contributed by atoms with Gasteiger partial charge in [-0.3, -0.25) is 0 Å². The number of rotatable bonds is 2. The summed E-state index contributed by atoms with van der Waals surface area (Å²) >= 11 is 0. The second-order valence-electron chi connectivity index (χ2n) is 4.82. The molecule has 1 fully saturated rings. The van der Waals surface area contributed by atoms with Gasteiger partial charge in [0, 0.05) is 6.20 Å². The van der Waals surface area contributed by atoms with E-state index in [-0.39, 0.29) is 5.97 Å². The number of carbonyl (C=O) groups excluding carboxylic acids is 1. The molecule has 3 heterocycles. The fraction of sp³-hybridized carbons (Fsp3) is 0.429.